The maximum atomic E-state index is 16.0. The number of nitrogens with one attached hydrogen (secondary N) is 4. The van der Waals surface area contributed by atoms with E-state index in [0.717, 1.165) is 5.56 Å². The van der Waals surface area contributed by atoms with Crippen molar-refractivity contribution < 1.29 is 18.7 Å². The molecule has 0 fully saturated rings. The highest BCUT2D eigenvalue weighted by Crippen LogP contribution is 2.36. The summed E-state index contributed by atoms with van der Waals surface area (Å²) in [5, 5.41) is 13.6. The minimum Gasteiger partial charge on any atom is -0.494 e. The molecule has 40 heavy (non-hydrogen) atoms. The van der Waals surface area contributed by atoms with Crippen molar-refractivity contribution in [1.29, 1.82) is 5.41 Å². The Balaban J connectivity index is 1.81. The Morgan fingerprint density at radius 2 is 1.88 bits per heavy atom. The van der Waals surface area contributed by atoms with Gasteiger partial charge in [-0.2, -0.15) is 0 Å². The first kappa shape index (κ1) is 28.2. The SMILES string of the molecule is CCOc1cc(OC(C)C)c(F)c(C(Nc2ccc(C(=N)N)cc2)c2ncc(-c3cccc(C(=O)NC)c3)[nH]2)c1. The summed E-state index contributed by atoms with van der Waals surface area (Å²) in [5.74, 6) is 0.151. The molecule has 0 aliphatic heterocycles. The first-order chi connectivity index (χ1) is 19.2. The summed E-state index contributed by atoms with van der Waals surface area (Å²) in [4.78, 5) is 20.0. The molecule has 0 aliphatic rings. The van der Waals surface area contributed by atoms with E-state index in [9.17, 15) is 4.79 Å². The van der Waals surface area contributed by atoms with Crippen LogP contribution in [-0.4, -0.2) is 41.5 Å². The zero-order chi connectivity index (χ0) is 28.8. The zero-order valence-electron chi connectivity index (χ0n) is 22.8. The number of H-pyrrole nitrogens is 1. The fourth-order valence-corrected chi connectivity index (χ4v) is 4.20. The van der Waals surface area contributed by atoms with Crippen molar-refractivity contribution in [2.75, 3.05) is 19.0 Å². The minimum absolute atomic E-state index is 0.0521. The van der Waals surface area contributed by atoms with Crippen LogP contribution in [0.2, 0.25) is 0 Å². The number of amidine groups is 1. The number of anilines is 1. The van der Waals surface area contributed by atoms with E-state index in [2.05, 4.69) is 20.6 Å². The van der Waals surface area contributed by atoms with Crippen molar-refractivity contribution in [3.63, 3.8) is 0 Å². The van der Waals surface area contributed by atoms with Crippen molar-refractivity contribution >= 4 is 17.4 Å². The first-order valence-corrected chi connectivity index (χ1v) is 12.9. The predicted octanol–water partition coefficient (Wildman–Crippen LogP) is 5.25. The molecule has 0 bridgehead atoms. The molecular weight excluding hydrogens is 511 g/mol. The molecule has 0 saturated carbocycles. The van der Waals surface area contributed by atoms with Gasteiger partial charge in [-0.25, -0.2) is 9.37 Å². The fraction of sp³-hybridized carbons (Fsp3) is 0.233. The number of nitrogens with two attached hydrogens (primary N) is 1. The van der Waals surface area contributed by atoms with E-state index >= 15 is 4.39 Å². The van der Waals surface area contributed by atoms with Crippen LogP contribution in [0.15, 0.2) is 66.9 Å². The van der Waals surface area contributed by atoms with Crippen molar-refractivity contribution in [2.45, 2.75) is 32.9 Å². The summed E-state index contributed by atoms with van der Waals surface area (Å²) in [6, 6.07) is 16.4. The van der Waals surface area contributed by atoms with Gasteiger partial charge in [0, 0.05) is 41.1 Å². The molecule has 1 amide bonds. The lowest BCUT2D eigenvalue weighted by Gasteiger charge is -2.22. The Bertz CT molecular complexity index is 1500. The van der Waals surface area contributed by atoms with Gasteiger partial charge in [0.25, 0.3) is 5.91 Å². The zero-order valence-corrected chi connectivity index (χ0v) is 22.8. The Morgan fingerprint density at radius 1 is 1.12 bits per heavy atom. The van der Waals surface area contributed by atoms with Crippen molar-refractivity contribution in [2.24, 2.45) is 5.73 Å². The number of benzene rings is 3. The molecule has 208 valence electrons. The van der Waals surface area contributed by atoms with Gasteiger partial charge in [0.05, 0.1) is 24.6 Å². The largest absolute Gasteiger partial charge is 0.494 e. The maximum absolute atomic E-state index is 16.0. The molecule has 0 saturated heterocycles. The minimum atomic E-state index is -0.783. The van der Waals surface area contributed by atoms with Crippen LogP contribution in [0.5, 0.6) is 11.5 Å². The second kappa shape index (κ2) is 12.3. The highest BCUT2D eigenvalue weighted by atomic mass is 19.1. The molecule has 1 aromatic heterocycles. The average Bonchev–Trinajstić information content (AvgIpc) is 3.43. The number of rotatable bonds is 11. The number of nitrogen functional groups attached to an aromatic ring is 1. The van der Waals surface area contributed by atoms with Gasteiger partial charge in [0.2, 0.25) is 0 Å². The number of hydrogen-bond donors (Lipinski definition) is 5. The third kappa shape index (κ3) is 6.40. The molecule has 4 rings (SSSR count). The number of hydrogen-bond acceptors (Lipinski definition) is 6. The van der Waals surface area contributed by atoms with E-state index in [0.29, 0.717) is 40.7 Å². The van der Waals surface area contributed by atoms with E-state index in [1.807, 2.05) is 26.8 Å². The summed E-state index contributed by atoms with van der Waals surface area (Å²) < 4.78 is 27.5. The maximum Gasteiger partial charge on any atom is 0.251 e. The molecule has 9 nitrogen and oxygen atoms in total. The summed E-state index contributed by atoms with van der Waals surface area (Å²) in [6.07, 6.45) is 1.38. The smallest absolute Gasteiger partial charge is 0.251 e. The second-order valence-electron chi connectivity index (χ2n) is 9.33. The Labute approximate surface area is 232 Å². The van der Waals surface area contributed by atoms with E-state index in [1.54, 1.807) is 67.8 Å². The van der Waals surface area contributed by atoms with Crippen LogP contribution in [0.1, 0.15) is 54.1 Å². The summed E-state index contributed by atoms with van der Waals surface area (Å²) in [7, 11) is 1.57. The molecule has 0 spiro atoms. The fourth-order valence-electron chi connectivity index (χ4n) is 4.20. The number of halogens is 1. The number of amides is 1. The number of carbonyl (C=O) groups excluding carboxylic acids is 1. The first-order valence-electron chi connectivity index (χ1n) is 12.9. The summed E-state index contributed by atoms with van der Waals surface area (Å²) >= 11 is 0. The number of aromatic amines is 1. The third-order valence-electron chi connectivity index (χ3n) is 6.06. The number of ether oxygens (including phenoxy) is 2. The van der Waals surface area contributed by atoms with Crippen LogP contribution < -0.4 is 25.8 Å². The molecule has 6 N–H and O–H groups in total. The van der Waals surface area contributed by atoms with Crippen LogP contribution in [0, 0.1) is 11.2 Å². The third-order valence-corrected chi connectivity index (χ3v) is 6.06. The van der Waals surface area contributed by atoms with Gasteiger partial charge in [-0.3, -0.25) is 10.2 Å². The van der Waals surface area contributed by atoms with Crippen LogP contribution in [-0.2, 0) is 0 Å². The monoisotopic (exact) mass is 544 g/mol. The molecule has 1 unspecified atom stereocenters. The lowest BCUT2D eigenvalue weighted by molar-refractivity contribution is 0.0963. The second-order valence-corrected chi connectivity index (χ2v) is 9.33. The van der Waals surface area contributed by atoms with Crippen molar-refractivity contribution in [3.8, 4) is 22.8 Å². The highest BCUT2D eigenvalue weighted by Gasteiger charge is 2.26. The molecule has 0 aliphatic carbocycles. The Kier molecular flexibility index (Phi) is 8.68. The Hall–Kier alpha value is -4.86. The molecule has 3 aromatic carbocycles. The highest BCUT2D eigenvalue weighted by molar-refractivity contribution is 5.95. The van der Waals surface area contributed by atoms with Gasteiger partial charge in [0.1, 0.15) is 23.5 Å². The van der Waals surface area contributed by atoms with Gasteiger partial charge < -0.3 is 30.8 Å². The normalized spacial score (nSPS) is 11.7. The summed E-state index contributed by atoms with van der Waals surface area (Å²) in [6.45, 7) is 5.89. The topological polar surface area (TPSA) is 138 Å². The molecule has 1 heterocycles. The molecule has 0 radical (unpaired) electrons. The number of imidazole rings is 1. The van der Waals surface area contributed by atoms with Crippen molar-refractivity contribution in [1.82, 2.24) is 15.3 Å². The van der Waals surface area contributed by atoms with E-state index in [4.69, 9.17) is 20.6 Å². The van der Waals surface area contributed by atoms with Crippen molar-refractivity contribution in [3.05, 3.63) is 95.2 Å². The number of nitrogens with zero attached hydrogens (tertiary/aromatic N) is 1. The molecule has 1 atom stereocenters. The number of carbonyl (C=O) groups is 1. The molecule has 4 aromatic rings. The quantitative estimate of drug-likeness (QED) is 0.129. The van der Waals surface area contributed by atoms with Crippen LogP contribution in [0.25, 0.3) is 11.3 Å². The lowest BCUT2D eigenvalue weighted by atomic mass is 10.0. The summed E-state index contributed by atoms with van der Waals surface area (Å²) in [5.41, 5.74) is 8.99. The Morgan fingerprint density at radius 3 is 2.52 bits per heavy atom. The van der Waals surface area contributed by atoms with E-state index < -0.39 is 11.9 Å². The van der Waals surface area contributed by atoms with E-state index in [1.165, 1.54) is 0 Å². The van der Waals surface area contributed by atoms with Crippen LogP contribution in [0.3, 0.4) is 0 Å². The van der Waals surface area contributed by atoms with Gasteiger partial charge in [-0.15, -0.1) is 0 Å². The lowest BCUT2D eigenvalue weighted by Crippen LogP contribution is -2.18. The van der Waals surface area contributed by atoms with Gasteiger partial charge in [-0.1, -0.05) is 12.1 Å². The van der Waals surface area contributed by atoms with Gasteiger partial charge in [0.15, 0.2) is 11.6 Å². The molecule has 10 heteroatoms. The standard InChI is InChI=1S/C30H33FN6O3/c1-5-39-22-14-23(26(31)25(15-22)40-17(2)3)27(36-21-11-9-18(10-12-21)28(32)33)29-35-16-24(37-29)19-7-6-8-20(13-19)30(38)34-4/h6-17,27,36H,5H2,1-4H3,(H3,32,33)(H,34,38)(H,35,37). The van der Waals surface area contributed by atoms with Crippen LogP contribution >= 0.6 is 0 Å². The average molecular weight is 545 g/mol. The van der Waals surface area contributed by atoms with Crippen LogP contribution in [0.4, 0.5) is 10.1 Å². The van der Waals surface area contributed by atoms with Gasteiger partial charge >= 0.3 is 0 Å². The number of aromatic nitrogens is 2. The molecular formula is C30H33FN6O3. The predicted molar refractivity (Wildman–Crippen MR) is 154 cm³/mol. The van der Waals surface area contributed by atoms with Gasteiger partial charge in [-0.05, 0) is 63.2 Å². The van der Waals surface area contributed by atoms with E-state index in [-0.39, 0.29) is 29.2 Å².